The molecule has 1 aliphatic rings. The Morgan fingerprint density at radius 2 is 1.74 bits per heavy atom. The van der Waals surface area contributed by atoms with Gasteiger partial charge < -0.3 is 10.0 Å². The third-order valence-electron chi connectivity index (χ3n) is 5.60. The second kappa shape index (κ2) is 9.32. The summed E-state index contributed by atoms with van der Waals surface area (Å²) in [5.74, 6) is 0.945. The third-order valence-corrected chi connectivity index (χ3v) is 7.16. The maximum atomic E-state index is 12.2. The molecule has 0 amide bonds. The van der Waals surface area contributed by atoms with Crippen molar-refractivity contribution in [1.29, 1.82) is 0 Å². The second-order valence-electron chi connectivity index (χ2n) is 7.63. The van der Waals surface area contributed by atoms with E-state index in [0.29, 0.717) is 13.1 Å². The number of nitrogens with zero attached hydrogens (tertiary/aromatic N) is 3. The van der Waals surface area contributed by atoms with Crippen LogP contribution in [-0.4, -0.2) is 69.3 Å². The van der Waals surface area contributed by atoms with E-state index in [-0.39, 0.29) is 11.5 Å². The summed E-state index contributed by atoms with van der Waals surface area (Å²) in [7, 11) is -3.48. The fourth-order valence-corrected chi connectivity index (χ4v) is 5.01. The average molecular weight is 441 g/mol. The molecule has 1 saturated heterocycles. The van der Waals surface area contributed by atoms with E-state index in [2.05, 4.69) is 32.7 Å². The number of anilines is 1. The molecule has 0 unspecified atom stereocenters. The van der Waals surface area contributed by atoms with Crippen molar-refractivity contribution in [2.24, 2.45) is 0 Å². The standard InChI is InChI=1S/C23H28N4O3S/c1-2-24-31(29,30)20-9-7-18(8-10-20)22-17-19-5-3-4-6-21(19)23(25-22)27-13-11-26(12-14-27)15-16-28/h3-10,17,24,28H,2,11-16H2,1H3. The number of hydrogen-bond donors (Lipinski definition) is 2. The van der Waals surface area contributed by atoms with Gasteiger partial charge in [0.25, 0.3) is 0 Å². The number of benzene rings is 2. The van der Waals surface area contributed by atoms with Crippen LogP contribution in [0.1, 0.15) is 6.92 Å². The van der Waals surface area contributed by atoms with Crippen molar-refractivity contribution >= 4 is 26.6 Å². The Morgan fingerprint density at radius 1 is 1.03 bits per heavy atom. The topological polar surface area (TPSA) is 85.8 Å². The fraction of sp³-hybridized carbons (Fsp3) is 0.348. The van der Waals surface area contributed by atoms with Gasteiger partial charge in [0.15, 0.2) is 0 Å². The lowest BCUT2D eigenvalue weighted by molar-refractivity contribution is 0.188. The highest BCUT2D eigenvalue weighted by atomic mass is 32.2. The first-order valence-corrected chi connectivity index (χ1v) is 12.1. The Kier molecular flexibility index (Phi) is 6.52. The number of hydrogen-bond acceptors (Lipinski definition) is 6. The SMILES string of the molecule is CCNS(=O)(=O)c1ccc(-c2cc3ccccc3c(N3CCN(CCO)CC3)n2)cc1. The molecule has 1 aromatic heterocycles. The van der Waals surface area contributed by atoms with Crippen LogP contribution in [0.2, 0.25) is 0 Å². The Labute approximate surface area is 183 Å². The molecule has 2 aromatic carbocycles. The van der Waals surface area contributed by atoms with E-state index >= 15 is 0 Å². The van der Waals surface area contributed by atoms with Gasteiger partial charge in [0.05, 0.1) is 17.2 Å². The predicted molar refractivity (Wildman–Crippen MR) is 124 cm³/mol. The van der Waals surface area contributed by atoms with E-state index in [1.807, 2.05) is 24.3 Å². The molecule has 3 aromatic rings. The number of aliphatic hydroxyl groups is 1. The summed E-state index contributed by atoms with van der Waals surface area (Å²) in [6.45, 7) is 6.46. The van der Waals surface area contributed by atoms with E-state index in [1.54, 1.807) is 19.1 Å². The van der Waals surface area contributed by atoms with Gasteiger partial charge in [-0.2, -0.15) is 0 Å². The zero-order chi connectivity index (χ0) is 21.8. The van der Waals surface area contributed by atoms with Crippen LogP contribution in [0.5, 0.6) is 0 Å². The minimum Gasteiger partial charge on any atom is -0.395 e. The number of aromatic nitrogens is 1. The number of aliphatic hydroxyl groups excluding tert-OH is 1. The zero-order valence-corrected chi connectivity index (χ0v) is 18.5. The van der Waals surface area contributed by atoms with Crippen molar-refractivity contribution in [3.05, 3.63) is 54.6 Å². The summed E-state index contributed by atoms with van der Waals surface area (Å²) < 4.78 is 27.0. The summed E-state index contributed by atoms with van der Waals surface area (Å²) in [4.78, 5) is 9.79. The van der Waals surface area contributed by atoms with Crippen LogP contribution in [0.3, 0.4) is 0 Å². The number of nitrogens with one attached hydrogen (secondary N) is 1. The monoisotopic (exact) mass is 440 g/mol. The lowest BCUT2D eigenvalue weighted by Crippen LogP contribution is -2.47. The largest absolute Gasteiger partial charge is 0.395 e. The molecule has 0 radical (unpaired) electrons. The van der Waals surface area contributed by atoms with Crippen molar-refractivity contribution < 1.29 is 13.5 Å². The van der Waals surface area contributed by atoms with Crippen molar-refractivity contribution in [3.8, 4) is 11.3 Å². The molecule has 0 atom stereocenters. The minimum atomic E-state index is -3.48. The van der Waals surface area contributed by atoms with Crippen molar-refractivity contribution in [2.75, 3.05) is 50.8 Å². The molecular formula is C23H28N4O3S. The summed E-state index contributed by atoms with van der Waals surface area (Å²) in [5, 5.41) is 11.4. The van der Waals surface area contributed by atoms with Gasteiger partial charge in [0, 0.05) is 50.2 Å². The summed E-state index contributed by atoms with van der Waals surface area (Å²) in [5.41, 5.74) is 1.69. The average Bonchev–Trinajstić information content (AvgIpc) is 2.79. The number of β-amino-alcohol motifs (C(OH)–C–C–N with tert-alkyl or cyclic N) is 1. The molecule has 2 heterocycles. The minimum absolute atomic E-state index is 0.177. The van der Waals surface area contributed by atoms with Crippen molar-refractivity contribution in [3.63, 3.8) is 0 Å². The van der Waals surface area contributed by atoms with Crippen LogP contribution in [0.15, 0.2) is 59.5 Å². The van der Waals surface area contributed by atoms with E-state index < -0.39 is 10.0 Å². The van der Waals surface area contributed by atoms with E-state index in [4.69, 9.17) is 4.98 Å². The van der Waals surface area contributed by atoms with Gasteiger partial charge in [-0.25, -0.2) is 18.1 Å². The van der Waals surface area contributed by atoms with Gasteiger partial charge >= 0.3 is 0 Å². The van der Waals surface area contributed by atoms with Crippen LogP contribution < -0.4 is 9.62 Å². The van der Waals surface area contributed by atoms with E-state index in [1.165, 1.54) is 0 Å². The van der Waals surface area contributed by atoms with Crippen LogP contribution in [-0.2, 0) is 10.0 Å². The van der Waals surface area contributed by atoms with Gasteiger partial charge in [-0.1, -0.05) is 43.3 Å². The number of sulfonamides is 1. The molecule has 164 valence electrons. The van der Waals surface area contributed by atoms with Gasteiger partial charge in [-0.3, -0.25) is 4.90 Å². The molecule has 0 aliphatic carbocycles. The third kappa shape index (κ3) is 4.72. The van der Waals surface area contributed by atoms with E-state index in [9.17, 15) is 13.5 Å². The quantitative estimate of drug-likeness (QED) is 0.587. The second-order valence-corrected chi connectivity index (χ2v) is 9.40. The van der Waals surface area contributed by atoms with Crippen LogP contribution in [0.4, 0.5) is 5.82 Å². The first-order chi connectivity index (χ1) is 15.0. The molecule has 4 rings (SSSR count). The van der Waals surface area contributed by atoms with Gasteiger partial charge in [-0.15, -0.1) is 0 Å². The maximum absolute atomic E-state index is 12.2. The zero-order valence-electron chi connectivity index (χ0n) is 17.7. The molecule has 0 spiro atoms. The molecule has 7 nitrogen and oxygen atoms in total. The highest BCUT2D eigenvalue weighted by Crippen LogP contribution is 2.31. The first-order valence-electron chi connectivity index (χ1n) is 10.6. The molecule has 31 heavy (non-hydrogen) atoms. The fourth-order valence-electron chi connectivity index (χ4n) is 3.97. The van der Waals surface area contributed by atoms with Crippen LogP contribution >= 0.6 is 0 Å². The normalized spacial score (nSPS) is 15.5. The molecular weight excluding hydrogens is 412 g/mol. The van der Waals surface area contributed by atoms with Gasteiger partial charge in [0.1, 0.15) is 5.82 Å². The number of rotatable bonds is 7. The molecule has 1 fully saturated rings. The lowest BCUT2D eigenvalue weighted by Gasteiger charge is -2.35. The number of piperazine rings is 1. The van der Waals surface area contributed by atoms with Crippen molar-refractivity contribution in [2.45, 2.75) is 11.8 Å². The predicted octanol–water partition coefficient (Wildman–Crippen LogP) is 2.31. The number of fused-ring (bicyclic) bond motifs is 1. The molecule has 1 aliphatic heterocycles. The summed E-state index contributed by atoms with van der Waals surface area (Å²) in [6, 6.07) is 17.1. The van der Waals surface area contributed by atoms with Gasteiger partial charge in [0.2, 0.25) is 10.0 Å². The van der Waals surface area contributed by atoms with Gasteiger partial charge in [-0.05, 0) is 23.6 Å². The molecule has 8 heteroatoms. The van der Waals surface area contributed by atoms with Crippen molar-refractivity contribution in [1.82, 2.24) is 14.6 Å². The highest BCUT2D eigenvalue weighted by Gasteiger charge is 2.20. The van der Waals surface area contributed by atoms with Crippen LogP contribution in [0.25, 0.3) is 22.0 Å². The molecule has 0 saturated carbocycles. The van der Waals surface area contributed by atoms with Crippen LogP contribution in [0, 0.1) is 0 Å². The Balaban J connectivity index is 1.68. The Morgan fingerprint density at radius 3 is 2.42 bits per heavy atom. The first kappa shape index (κ1) is 21.7. The molecule has 0 bridgehead atoms. The highest BCUT2D eigenvalue weighted by molar-refractivity contribution is 7.89. The number of pyridine rings is 1. The Bertz CT molecular complexity index is 1140. The summed E-state index contributed by atoms with van der Waals surface area (Å²) >= 11 is 0. The summed E-state index contributed by atoms with van der Waals surface area (Å²) in [6.07, 6.45) is 0. The maximum Gasteiger partial charge on any atom is 0.240 e. The smallest absolute Gasteiger partial charge is 0.240 e. The lowest BCUT2D eigenvalue weighted by atomic mass is 10.1. The Hall–Kier alpha value is -2.52. The molecule has 2 N–H and O–H groups in total. The van der Waals surface area contributed by atoms with E-state index in [0.717, 1.165) is 54.0 Å².